The highest BCUT2D eigenvalue weighted by molar-refractivity contribution is 5.89. The fourth-order valence-electron chi connectivity index (χ4n) is 4.08. The summed E-state index contributed by atoms with van der Waals surface area (Å²) in [6, 6.07) is 12.4. The van der Waals surface area contributed by atoms with Gasteiger partial charge in [0.1, 0.15) is 12.4 Å². The highest BCUT2D eigenvalue weighted by Crippen LogP contribution is 2.17. The predicted octanol–water partition coefficient (Wildman–Crippen LogP) is 4.26. The average Bonchev–Trinajstić information content (AvgIpc) is 2.92. The van der Waals surface area contributed by atoms with Crippen molar-refractivity contribution in [2.75, 3.05) is 39.2 Å². The number of benzene rings is 2. The number of amides is 2. The number of ether oxygens (including phenoxy) is 2. The number of carbonyl (C=O) groups is 3. The number of hydrogen-bond donors (Lipinski definition) is 2. The molecule has 220 valence electrons. The number of unbranched alkanes of at least 4 members (excludes halogenated alkanes) is 1. The molecular formula is C29H35F2N5O5. The summed E-state index contributed by atoms with van der Waals surface area (Å²) in [7, 11) is 3.52. The Morgan fingerprint density at radius 2 is 1.76 bits per heavy atom. The molecule has 0 saturated heterocycles. The fraction of sp³-hybridized carbons (Fsp3) is 0.379. The number of pyridine rings is 1. The largest absolute Gasteiger partial charge is 0.465 e. The Bertz CT molecular complexity index is 1340. The summed E-state index contributed by atoms with van der Waals surface area (Å²) in [6.45, 7) is 1.30. The van der Waals surface area contributed by atoms with Crippen molar-refractivity contribution in [3.63, 3.8) is 0 Å². The Morgan fingerprint density at radius 1 is 1.00 bits per heavy atom. The lowest BCUT2D eigenvalue weighted by molar-refractivity contribution is -0.144. The highest BCUT2D eigenvalue weighted by atomic mass is 19.2. The maximum absolute atomic E-state index is 14.2. The number of nitrogens with zero attached hydrogens (tertiary/aromatic N) is 3. The van der Waals surface area contributed by atoms with Gasteiger partial charge in [0.15, 0.2) is 11.6 Å². The topological polar surface area (TPSA) is 113 Å². The van der Waals surface area contributed by atoms with E-state index in [2.05, 4.69) is 15.7 Å². The van der Waals surface area contributed by atoms with E-state index < -0.39 is 29.7 Å². The van der Waals surface area contributed by atoms with E-state index in [9.17, 15) is 23.2 Å². The molecule has 12 heteroatoms. The SMILES string of the molecule is CC(=O)N(NCc1cccc(F)c1F)C(CCCCOC(=O)CN(C)C)COC(=O)Nc1cc2ccccc2cn1. The second kappa shape index (κ2) is 15.6. The molecule has 0 radical (unpaired) electrons. The van der Waals surface area contributed by atoms with Crippen LogP contribution in [0.25, 0.3) is 10.8 Å². The molecular weight excluding hydrogens is 536 g/mol. The lowest BCUT2D eigenvalue weighted by atomic mass is 10.1. The van der Waals surface area contributed by atoms with E-state index >= 15 is 0 Å². The van der Waals surface area contributed by atoms with E-state index in [4.69, 9.17) is 9.47 Å². The van der Waals surface area contributed by atoms with Crippen LogP contribution >= 0.6 is 0 Å². The van der Waals surface area contributed by atoms with E-state index in [0.717, 1.165) is 16.8 Å². The van der Waals surface area contributed by atoms with Crippen LogP contribution in [0.3, 0.4) is 0 Å². The van der Waals surface area contributed by atoms with Gasteiger partial charge in [0.05, 0.1) is 19.2 Å². The van der Waals surface area contributed by atoms with Crippen molar-refractivity contribution in [3.05, 3.63) is 71.9 Å². The van der Waals surface area contributed by atoms with Crippen LogP contribution in [0.4, 0.5) is 19.4 Å². The van der Waals surface area contributed by atoms with Gasteiger partial charge in [-0.15, -0.1) is 0 Å². The van der Waals surface area contributed by atoms with E-state index in [-0.39, 0.29) is 37.8 Å². The fourth-order valence-corrected chi connectivity index (χ4v) is 4.08. The highest BCUT2D eigenvalue weighted by Gasteiger charge is 2.24. The summed E-state index contributed by atoms with van der Waals surface area (Å²) >= 11 is 0. The number of halogens is 2. The quantitative estimate of drug-likeness (QED) is 0.168. The molecule has 41 heavy (non-hydrogen) atoms. The van der Waals surface area contributed by atoms with Gasteiger partial charge in [-0.25, -0.2) is 24.0 Å². The van der Waals surface area contributed by atoms with Crippen LogP contribution in [0, 0.1) is 11.6 Å². The first-order valence-corrected chi connectivity index (χ1v) is 13.2. The minimum atomic E-state index is -1.02. The van der Waals surface area contributed by atoms with Gasteiger partial charge in [-0.05, 0) is 50.9 Å². The zero-order chi connectivity index (χ0) is 29.8. The summed E-state index contributed by atoms with van der Waals surface area (Å²) in [5.41, 5.74) is 2.87. The summed E-state index contributed by atoms with van der Waals surface area (Å²) < 4.78 is 38.5. The number of esters is 1. The molecule has 0 aliphatic carbocycles. The molecule has 1 atom stereocenters. The van der Waals surface area contributed by atoms with Crippen molar-refractivity contribution in [1.29, 1.82) is 0 Å². The molecule has 0 aliphatic rings. The van der Waals surface area contributed by atoms with Crippen LogP contribution in [0.1, 0.15) is 31.7 Å². The lowest BCUT2D eigenvalue weighted by Crippen LogP contribution is -2.50. The number of hydrogen-bond acceptors (Lipinski definition) is 8. The van der Waals surface area contributed by atoms with Gasteiger partial charge < -0.3 is 9.47 Å². The standard InChI is InChI=1S/C29H35F2N5O5/c1-20(37)36(33-17-23-11-8-13-25(30)28(23)31)24(12-6-7-14-40-27(38)18-35(2)3)19-41-29(39)34-26-15-21-9-4-5-10-22(21)16-32-26/h4-5,8-11,13,15-16,24,33H,6-7,12,14,17-19H2,1-3H3,(H,32,34,39). The molecule has 1 unspecified atom stereocenters. The van der Waals surface area contributed by atoms with E-state index in [1.165, 1.54) is 24.1 Å². The Morgan fingerprint density at radius 3 is 2.49 bits per heavy atom. The maximum Gasteiger partial charge on any atom is 0.412 e. The molecule has 2 amide bonds. The molecule has 1 heterocycles. The number of fused-ring (bicyclic) bond motifs is 1. The van der Waals surface area contributed by atoms with Crippen LogP contribution in [0.2, 0.25) is 0 Å². The molecule has 2 N–H and O–H groups in total. The molecule has 2 aromatic carbocycles. The van der Waals surface area contributed by atoms with Crippen LogP contribution in [0.15, 0.2) is 54.7 Å². The maximum atomic E-state index is 14.2. The van der Waals surface area contributed by atoms with Gasteiger partial charge in [-0.2, -0.15) is 0 Å². The molecule has 0 fully saturated rings. The third kappa shape index (κ3) is 10.1. The Balaban J connectivity index is 1.63. The Kier molecular flexibility index (Phi) is 11.9. The van der Waals surface area contributed by atoms with Gasteiger partial charge >= 0.3 is 12.1 Å². The number of anilines is 1. The molecule has 3 aromatic rings. The molecule has 0 saturated carbocycles. The Labute approximate surface area is 237 Å². The average molecular weight is 572 g/mol. The van der Waals surface area contributed by atoms with Crippen molar-refractivity contribution in [1.82, 2.24) is 20.3 Å². The summed E-state index contributed by atoms with van der Waals surface area (Å²) in [5, 5.41) is 5.63. The molecule has 0 spiro atoms. The van der Waals surface area contributed by atoms with Crippen molar-refractivity contribution >= 4 is 34.6 Å². The third-order valence-corrected chi connectivity index (χ3v) is 6.08. The predicted molar refractivity (Wildman–Crippen MR) is 150 cm³/mol. The first kappa shape index (κ1) is 31.4. The summed E-state index contributed by atoms with van der Waals surface area (Å²) in [6.07, 6.45) is 2.26. The van der Waals surface area contributed by atoms with Gasteiger partial charge in [0.2, 0.25) is 5.91 Å². The van der Waals surface area contributed by atoms with Gasteiger partial charge in [-0.1, -0.05) is 36.4 Å². The summed E-state index contributed by atoms with van der Waals surface area (Å²) in [4.78, 5) is 42.8. The lowest BCUT2D eigenvalue weighted by Gasteiger charge is -2.31. The number of likely N-dealkylation sites (N-methyl/N-ethyl adjacent to an activating group) is 1. The smallest absolute Gasteiger partial charge is 0.412 e. The zero-order valence-corrected chi connectivity index (χ0v) is 23.4. The minimum Gasteiger partial charge on any atom is -0.465 e. The number of carbonyl (C=O) groups excluding carboxylic acids is 3. The molecule has 0 aliphatic heterocycles. The van der Waals surface area contributed by atoms with E-state index in [1.807, 2.05) is 24.3 Å². The van der Waals surface area contributed by atoms with Crippen LogP contribution in [0.5, 0.6) is 0 Å². The van der Waals surface area contributed by atoms with Crippen LogP contribution in [-0.4, -0.2) is 72.8 Å². The first-order chi connectivity index (χ1) is 19.6. The molecule has 10 nitrogen and oxygen atoms in total. The normalized spacial score (nSPS) is 11.8. The van der Waals surface area contributed by atoms with Crippen LogP contribution in [-0.2, 0) is 25.6 Å². The number of hydrazine groups is 1. The number of nitrogens with one attached hydrogen (secondary N) is 2. The van der Waals surface area contributed by atoms with E-state index in [1.54, 1.807) is 31.3 Å². The van der Waals surface area contributed by atoms with Crippen molar-refractivity contribution in [2.24, 2.45) is 0 Å². The molecule has 3 rings (SSSR count). The number of rotatable bonds is 14. The van der Waals surface area contributed by atoms with Crippen LogP contribution < -0.4 is 10.7 Å². The minimum absolute atomic E-state index is 0.0313. The van der Waals surface area contributed by atoms with Crippen molar-refractivity contribution < 1.29 is 32.6 Å². The summed E-state index contributed by atoms with van der Waals surface area (Å²) in [5.74, 6) is -2.48. The van der Waals surface area contributed by atoms with Gasteiger partial charge in [0, 0.05) is 30.6 Å². The third-order valence-electron chi connectivity index (χ3n) is 6.08. The molecule has 1 aromatic heterocycles. The molecule has 0 bridgehead atoms. The zero-order valence-electron chi connectivity index (χ0n) is 23.4. The second-order valence-electron chi connectivity index (χ2n) is 9.68. The van der Waals surface area contributed by atoms with Gasteiger partial charge in [0.25, 0.3) is 0 Å². The Hall–Kier alpha value is -4.16. The van der Waals surface area contributed by atoms with E-state index in [0.29, 0.717) is 25.1 Å². The first-order valence-electron chi connectivity index (χ1n) is 13.2. The van der Waals surface area contributed by atoms with Crippen molar-refractivity contribution in [3.8, 4) is 0 Å². The van der Waals surface area contributed by atoms with Gasteiger partial charge in [-0.3, -0.25) is 24.8 Å². The van der Waals surface area contributed by atoms with Crippen molar-refractivity contribution in [2.45, 2.75) is 38.8 Å². The second-order valence-corrected chi connectivity index (χ2v) is 9.68. The monoisotopic (exact) mass is 571 g/mol. The number of aromatic nitrogens is 1.